The molecule has 3 rings (SSSR count). The number of aromatic nitrogens is 1. The summed E-state index contributed by atoms with van der Waals surface area (Å²) in [6, 6.07) is 6.56. The number of aromatic hydroxyl groups is 1. The zero-order valence-electron chi connectivity index (χ0n) is 20.1. The summed E-state index contributed by atoms with van der Waals surface area (Å²) in [5.41, 5.74) is 1.36. The molecule has 2 N–H and O–H groups in total. The highest BCUT2D eigenvalue weighted by Crippen LogP contribution is 2.36. The van der Waals surface area contributed by atoms with Crippen molar-refractivity contribution in [1.29, 1.82) is 0 Å². The standard InChI is InChI=1S/C22H25B2N5O5S/c1-12-8-15(10-27(4)23)16-6-7-18(20(17(16)9-12)35(32,33)34)25-26-19-13(2)14(3)21(30)29(22(19)31)11-28(5)24/h6-9,30H,10-11H2,1-5H3,(H,32,33,34). The van der Waals surface area contributed by atoms with Gasteiger partial charge in [0.2, 0.25) is 0 Å². The molecule has 0 saturated heterocycles. The lowest BCUT2D eigenvalue weighted by atomic mass is 9.99. The van der Waals surface area contributed by atoms with Crippen LogP contribution in [-0.2, 0) is 23.3 Å². The summed E-state index contributed by atoms with van der Waals surface area (Å²) in [6.07, 6.45) is 0. The van der Waals surface area contributed by atoms with Crippen molar-refractivity contribution < 1.29 is 18.1 Å². The summed E-state index contributed by atoms with van der Waals surface area (Å²) in [5.74, 6) is -0.263. The third kappa shape index (κ3) is 5.48. The maximum atomic E-state index is 13.0. The average Bonchev–Trinajstić information content (AvgIpc) is 2.73. The molecule has 0 bridgehead atoms. The van der Waals surface area contributed by atoms with Crippen molar-refractivity contribution in [3.63, 3.8) is 0 Å². The normalized spacial score (nSPS) is 12.5. The average molecular weight is 493 g/mol. The zero-order chi connectivity index (χ0) is 26.2. The molecule has 1 heterocycles. The molecule has 1 aromatic heterocycles. The Morgan fingerprint density at radius 3 is 2.23 bits per heavy atom. The van der Waals surface area contributed by atoms with E-state index < -0.39 is 20.6 Å². The van der Waals surface area contributed by atoms with Crippen LogP contribution in [0.2, 0.25) is 0 Å². The quantitative estimate of drug-likeness (QED) is 0.294. The molecule has 35 heavy (non-hydrogen) atoms. The van der Waals surface area contributed by atoms with E-state index in [1.54, 1.807) is 40.0 Å². The first kappa shape index (κ1) is 26.6. The fraction of sp³-hybridized carbons (Fsp3) is 0.318. The van der Waals surface area contributed by atoms with E-state index in [9.17, 15) is 22.9 Å². The SMILES string of the molecule is [B]N(C)Cc1cc(C)cc2c(S(=O)(=O)O)c(N=Nc3c(C)c(C)c(O)n(CN([B])C)c3=O)ccc12. The molecule has 0 amide bonds. The third-order valence-corrected chi connectivity index (χ3v) is 6.50. The van der Waals surface area contributed by atoms with Gasteiger partial charge in [-0.15, -0.1) is 10.2 Å². The summed E-state index contributed by atoms with van der Waals surface area (Å²) in [6.45, 7) is 5.21. The number of hydrogen-bond donors (Lipinski definition) is 2. The fourth-order valence-corrected chi connectivity index (χ4v) is 4.71. The smallest absolute Gasteiger partial charge is 0.297 e. The molecule has 4 radical (unpaired) electrons. The number of aryl methyl sites for hydroxylation is 1. The molecule has 0 aliphatic rings. The third-order valence-electron chi connectivity index (χ3n) is 5.55. The highest BCUT2D eigenvalue weighted by Gasteiger charge is 2.22. The van der Waals surface area contributed by atoms with Gasteiger partial charge in [-0.1, -0.05) is 17.7 Å². The van der Waals surface area contributed by atoms with Gasteiger partial charge >= 0.3 is 0 Å². The molecule has 0 unspecified atom stereocenters. The zero-order valence-corrected chi connectivity index (χ0v) is 21.0. The lowest BCUT2D eigenvalue weighted by Gasteiger charge is -2.18. The number of fused-ring (bicyclic) bond motifs is 1. The van der Waals surface area contributed by atoms with Gasteiger partial charge in [0.15, 0.2) is 27.5 Å². The van der Waals surface area contributed by atoms with Crippen molar-refractivity contribution in [2.75, 3.05) is 14.1 Å². The van der Waals surface area contributed by atoms with E-state index in [-0.39, 0.29) is 29.3 Å². The fourth-order valence-electron chi connectivity index (χ4n) is 3.89. The first-order valence-corrected chi connectivity index (χ1v) is 12.0. The number of benzene rings is 2. The molecule has 0 aliphatic heterocycles. The summed E-state index contributed by atoms with van der Waals surface area (Å²) in [4.78, 5) is 15.2. The number of hydrogen-bond acceptors (Lipinski definition) is 8. The van der Waals surface area contributed by atoms with Gasteiger partial charge in [0, 0.05) is 17.5 Å². The Labute approximate surface area is 206 Å². The van der Waals surface area contributed by atoms with Crippen LogP contribution in [0, 0.1) is 20.8 Å². The molecule has 2 aromatic carbocycles. The van der Waals surface area contributed by atoms with Gasteiger partial charge in [0.05, 0.1) is 6.67 Å². The molecule has 0 saturated carbocycles. The molecule has 0 aliphatic carbocycles. The second-order valence-electron chi connectivity index (χ2n) is 8.58. The lowest BCUT2D eigenvalue weighted by Crippen LogP contribution is -2.29. The topological polar surface area (TPSA) is 128 Å². The van der Waals surface area contributed by atoms with Crippen LogP contribution in [0.5, 0.6) is 5.88 Å². The van der Waals surface area contributed by atoms with Crippen LogP contribution in [-0.4, -0.2) is 62.3 Å². The van der Waals surface area contributed by atoms with E-state index in [1.807, 2.05) is 6.07 Å². The number of azo groups is 1. The van der Waals surface area contributed by atoms with Gasteiger partial charge in [-0.2, -0.15) is 8.42 Å². The molecule has 0 fully saturated rings. The molecule has 13 heteroatoms. The van der Waals surface area contributed by atoms with E-state index in [0.717, 1.165) is 15.7 Å². The van der Waals surface area contributed by atoms with Gasteiger partial charge in [0.1, 0.15) is 10.6 Å². The number of nitrogens with zero attached hydrogens (tertiary/aromatic N) is 5. The van der Waals surface area contributed by atoms with Crippen molar-refractivity contribution >= 4 is 48.2 Å². The summed E-state index contributed by atoms with van der Waals surface area (Å²) >= 11 is 0. The summed E-state index contributed by atoms with van der Waals surface area (Å²) in [5, 5.41) is 19.3. The van der Waals surface area contributed by atoms with E-state index in [4.69, 9.17) is 16.0 Å². The minimum Gasteiger partial charge on any atom is -0.494 e. The van der Waals surface area contributed by atoms with E-state index in [0.29, 0.717) is 23.1 Å². The number of pyridine rings is 1. The first-order valence-electron chi connectivity index (χ1n) is 10.5. The minimum absolute atomic E-state index is 0.0989. The van der Waals surface area contributed by atoms with Crippen LogP contribution in [0.4, 0.5) is 11.4 Å². The molecule has 3 aromatic rings. The highest BCUT2D eigenvalue weighted by molar-refractivity contribution is 7.86. The van der Waals surface area contributed by atoms with Crippen LogP contribution in [0.15, 0.2) is 44.2 Å². The van der Waals surface area contributed by atoms with Crippen LogP contribution in [0.25, 0.3) is 10.8 Å². The Balaban J connectivity index is 2.29. The molecule has 180 valence electrons. The van der Waals surface area contributed by atoms with Gasteiger partial charge in [-0.3, -0.25) is 13.9 Å². The molecule has 0 atom stereocenters. The van der Waals surface area contributed by atoms with Crippen molar-refractivity contribution in [1.82, 2.24) is 14.2 Å². The summed E-state index contributed by atoms with van der Waals surface area (Å²) in [7, 11) is 9.91. The largest absolute Gasteiger partial charge is 0.494 e. The maximum Gasteiger partial charge on any atom is 0.297 e. The predicted molar refractivity (Wildman–Crippen MR) is 135 cm³/mol. The predicted octanol–water partition coefficient (Wildman–Crippen LogP) is 2.78. The van der Waals surface area contributed by atoms with Crippen molar-refractivity contribution in [3.05, 3.63) is 56.9 Å². The van der Waals surface area contributed by atoms with Crippen LogP contribution in [0.1, 0.15) is 22.3 Å². The van der Waals surface area contributed by atoms with Gasteiger partial charge in [-0.05, 0) is 63.5 Å². The van der Waals surface area contributed by atoms with E-state index in [1.165, 1.54) is 22.7 Å². The number of rotatable bonds is 7. The Bertz CT molecular complexity index is 1500. The monoisotopic (exact) mass is 493 g/mol. The van der Waals surface area contributed by atoms with Crippen LogP contribution < -0.4 is 5.56 Å². The highest BCUT2D eigenvalue weighted by atomic mass is 32.2. The van der Waals surface area contributed by atoms with Crippen LogP contribution >= 0.6 is 0 Å². The lowest BCUT2D eigenvalue weighted by molar-refractivity contribution is 0.347. The van der Waals surface area contributed by atoms with Crippen LogP contribution in [0.3, 0.4) is 0 Å². The van der Waals surface area contributed by atoms with E-state index >= 15 is 0 Å². The first-order chi connectivity index (χ1) is 16.2. The van der Waals surface area contributed by atoms with Crippen molar-refractivity contribution in [2.24, 2.45) is 10.2 Å². The molecule has 10 nitrogen and oxygen atoms in total. The Morgan fingerprint density at radius 2 is 1.66 bits per heavy atom. The Morgan fingerprint density at radius 1 is 1.00 bits per heavy atom. The molecular weight excluding hydrogens is 468 g/mol. The summed E-state index contributed by atoms with van der Waals surface area (Å²) < 4.78 is 36.0. The molecular formula is C22H25B2N5O5S. The minimum atomic E-state index is -4.73. The second-order valence-corrected chi connectivity index (χ2v) is 9.94. The Hall–Kier alpha value is -2.99. The van der Waals surface area contributed by atoms with Gasteiger partial charge in [-0.25, -0.2) is 0 Å². The van der Waals surface area contributed by atoms with Gasteiger partial charge < -0.3 is 14.7 Å². The maximum absolute atomic E-state index is 13.0. The second kappa shape index (κ2) is 9.94. The van der Waals surface area contributed by atoms with E-state index in [2.05, 4.69) is 10.2 Å². The van der Waals surface area contributed by atoms with Crippen molar-refractivity contribution in [2.45, 2.75) is 38.9 Å². The Kier molecular flexibility index (Phi) is 7.56. The van der Waals surface area contributed by atoms with Crippen molar-refractivity contribution in [3.8, 4) is 5.88 Å². The molecule has 0 spiro atoms. The van der Waals surface area contributed by atoms with Gasteiger partial charge in [0.25, 0.3) is 15.7 Å².